The molecule has 1 atom stereocenters. The molecule has 0 aromatic heterocycles. The van der Waals surface area contributed by atoms with Gasteiger partial charge < -0.3 is 19.9 Å². The van der Waals surface area contributed by atoms with E-state index in [9.17, 15) is 9.90 Å². The number of halogens is 3. The van der Waals surface area contributed by atoms with Crippen LogP contribution in [0.1, 0.15) is 31.4 Å². The van der Waals surface area contributed by atoms with Crippen LogP contribution < -0.4 is 14.8 Å². The van der Waals surface area contributed by atoms with E-state index in [0.717, 1.165) is 10.0 Å². The van der Waals surface area contributed by atoms with Crippen molar-refractivity contribution in [2.75, 3.05) is 7.11 Å². The van der Waals surface area contributed by atoms with Crippen molar-refractivity contribution in [1.82, 2.24) is 5.32 Å². The van der Waals surface area contributed by atoms with E-state index in [1.807, 2.05) is 19.9 Å². The number of aliphatic carboxylic acids is 1. The molecule has 2 rings (SSSR count). The van der Waals surface area contributed by atoms with Crippen molar-refractivity contribution in [3.05, 3.63) is 56.0 Å². The van der Waals surface area contributed by atoms with E-state index in [4.69, 9.17) is 32.7 Å². The van der Waals surface area contributed by atoms with Gasteiger partial charge in [-0.1, -0.05) is 59.0 Å². The molecule has 2 aromatic carbocycles. The maximum absolute atomic E-state index is 11.5. The Morgan fingerprint density at radius 3 is 2.41 bits per heavy atom. The highest BCUT2D eigenvalue weighted by atomic mass is 79.9. The van der Waals surface area contributed by atoms with Crippen LogP contribution in [0.2, 0.25) is 10.0 Å². The molecule has 0 radical (unpaired) electrons. The molecule has 0 aliphatic rings. The van der Waals surface area contributed by atoms with Gasteiger partial charge >= 0.3 is 5.97 Å². The lowest BCUT2D eigenvalue weighted by Gasteiger charge is -2.18. The summed E-state index contributed by atoms with van der Waals surface area (Å²) in [5.74, 6) is 0.465. The van der Waals surface area contributed by atoms with E-state index in [2.05, 4.69) is 21.2 Å². The zero-order chi connectivity index (χ0) is 21.6. The number of nitrogens with one attached hydrogen (secondary N) is 1. The van der Waals surface area contributed by atoms with Gasteiger partial charge in [0.25, 0.3) is 0 Å². The third kappa shape index (κ3) is 6.78. The average Bonchev–Trinajstić information content (AvgIpc) is 2.65. The summed E-state index contributed by atoms with van der Waals surface area (Å²) in [4.78, 5) is 11.5. The van der Waals surface area contributed by atoms with Crippen LogP contribution in [0, 0.1) is 5.92 Å². The smallest absolute Gasteiger partial charge is 0.320 e. The molecule has 0 fully saturated rings. The third-order valence-electron chi connectivity index (χ3n) is 4.31. The van der Waals surface area contributed by atoms with Crippen molar-refractivity contribution < 1.29 is 19.4 Å². The van der Waals surface area contributed by atoms with E-state index in [1.165, 1.54) is 0 Å². The molecule has 8 heteroatoms. The highest BCUT2D eigenvalue weighted by Gasteiger charge is 2.19. The quantitative estimate of drug-likeness (QED) is 0.419. The van der Waals surface area contributed by atoms with Crippen LogP contribution in [-0.2, 0) is 17.9 Å². The first-order valence-electron chi connectivity index (χ1n) is 9.11. The highest BCUT2D eigenvalue weighted by Crippen LogP contribution is 2.35. The van der Waals surface area contributed by atoms with Crippen molar-refractivity contribution in [2.45, 2.75) is 39.5 Å². The number of carboxylic acid groups (broad SMARTS) is 1. The minimum atomic E-state index is -0.863. The Morgan fingerprint density at radius 1 is 1.21 bits per heavy atom. The van der Waals surface area contributed by atoms with Gasteiger partial charge in [0.05, 0.1) is 7.11 Å². The van der Waals surface area contributed by atoms with Crippen LogP contribution in [0.3, 0.4) is 0 Å². The summed E-state index contributed by atoms with van der Waals surface area (Å²) in [6.07, 6.45) is 0.546. The van der Waals surface area contributed by atoms with Gasteiger partial charge in [0.1, 0.15) is 12.6 Å². The molecule has 2 aromatic rings. The predicted octanol–water partition coefficient (Wildman–Crippen LogP) is 5.93. The molecule has 5 nitrogen and oxygen atoms in total. The number of ether oxygens (including phenoxy) is 2. The van der Waals surface area contributed by atoms with Crippen LogP contribution in [-0.4, -0.2) is 24.2 Å². The number of methoxy groups -OCH3 is 1. The number of benzene rings is 2. The summed E-state index contributed by atoms with van der Waals surface area (Å²) in [6, 6.07) is 8.27. The minimum absolute atomic E-state index is 0.189. The Morgan fingerprint density at radius 2 is 1.86 bits per heavy atom. The molecule has 158 valence electrons. The van der Waals surface area contributed by atoms with E-state index < -0.39 is 12.0 Å². The molecule has 0 aliphatic carbocycles. The lowest BCUT2D eigenvalue weighted by atomic mass is 10.0. The van der Waals surface area contributed by atoms with Crippen molar-refractivity contribution in [1.29, 1.82) is 0 Å². The summed E-state index contributed by atoms with van der Waals surface area (Å²) in [5, 5.41) is 13.5. The maximum atomic E-state index is 11.5. The Hall–Kier alpha value is -1.47. The van der Waals surface area contributed by atoms with E-state index in [0.29, 0.717) is 40.1 Å². The summed E-state index contributed by atoms with van der Waals surface area (Å²) in [5.41, 5.74) is 1.55. The third-order valence-corrected chi connectivity index (χ3v) is 5.76. The number of hydrogen-bond donors (Lipinski definition) is 2. The number of carbonyl (C=O) groups is 1. The van der Waals surface area contributed by atoms with E-state index in [1.54, 1.807) is 31.4 Å². The van der Waals surface area contributed by atoms with Crippen LogP contribution >= 0.6 is 39.1 Å². The minimum Gasteiger partial charge on any atom is -0.493 e. The number of hydrogen-bond acceptors (Lipinski definition) is 4. The second-order valence-electron chi connectivity index (χ2n) is 6.98. The standard InChI is InChI=1S/C21H24BrCl2NO4/c1-12(2)7-18(21(26)27)25-10-13-8-19(28-3)20(9-15(13)22)29-11-14-16(23)5-4-6-17(14)24/h4-6,8-9,12,18,25H,7,10-11H2,1-3H3,(H,26,27). The largest absolute Gasteiger partial charge is 0.493 e. The fourth-order valence-corrected chi connectivity index (χ4v) is 3.75. The topological polar surface area (TPSA) is 67.8 Å². The lowest BCUT2D eigenvalue weighted by Crippen LogP contribution is -2.37. The SMILES string of the molecule is COc1cc(CNC(CC(C)C)C(=O)O)c(Br)cc1OCc1c(Cl)cccc1Cl. The second kappa shape index (κ2) is 11.1. The first-order chi connectivity index (χ1) is 13.7. The van der Waals surface area contributed by atoms with Gasteiger partial charge in [-0.3, -0.25) is 4.79 Å². The lowest BCUT2D eigenvalue weighted by molar-refractivity contribution is -0.140. The molecule has 0 amide bonds. The Kier molecular flexibility index (Phi) is 9.08. The van der Waals surface area contributed by atoms with Gasteiger partial charge in [-0.25, -0.2) is 0 Å². The molecule has 29 heavy (non-hydrogen) atoms. The number of rotatable bonds is 10. The zero-order valence-corrected chi connectivity index (χ0v) is 19.6. The van der Waals surface area contributed by atoms with Crippen molar-refractivity contribution in [3.63, 3.8) is 0 Å². The highest BCUT2D eigenvalue weighted by molar-refractivity contribution is 9.10. The Labute approximate surface area is 189 Å². The Balaban J connectivity index is 2.15. The molecule has 1 unspecified atom stereocenters. The first kappa shape index (κ1) is 23.8. The van der Waals surface area contributed by atoms with E-state index >= 15 is 0 Å². The van der Waals surface area contributed by atoms with Gasteiger partial charge in [0.2, 0.25) is 0 Å². The monoisotopic (exact) mass is 503 g/mol. The predicted molar refractivity (Wildman–Crippen MR) is 119 cm³/mol. The van der Waals surface area contributed by atoms with Gasteiger partial charge in [-0.05, 0) is 42.2 Å². The van der Waals surface area contributed by atoms with Gasteiger partial charge in [0.15, 0.2) is 11.5 Å². The van der Waals surface area contributed by atoms with Crippen molar-refractivity contribution in [3.8, 4) is 11.5 Å². The maximum Gasteiger partial charge on any atom is 0.320 e. The van der Waals surface area contributed by atoms with E-state index in [-0.39, 0.29) is 12.5 Å². The summed E-state index contributed by atoms with van der Waals surface area (Å²) in [7, 11) is 1.55. The van der Waals surface area contributed by atoms with Gasteiger partial charge in [-0.15, -0.1) is 0 Å². The second-order valence-corrected chi connectivity index (χ2v) is 8.65. The summed E-state index contributed by atoms with van der Waals surface area (Å²) < 4.78 is 12.1. The fourth-order valence-electron chi connectivity index (χ4n) is 2.78. The number of carboxylic acids is 1. The van der Waals surface area contributed by atoms with Crippen LogP contribution in [0.25, 0.3) is 0 Å². The van der Waals surface area contributed by atoms with Gasteiger partial charge in [-0.2, -0.15) is 0 Å². The van der Waals surface area contributed by atoms with Crippen molar-refractivity contribution >= 4 is 45.1 Å². The van der Waals surface area contributed by atoms with Gasteiger partial charge in [0, 0.05) is 26.6 Å². The molecule has 0 spiro atoms. The first-order valence-corrected chi connectivity index (χ1v) is 10.7. The van der Waals surface area contributed by atoms with Crippen LogP contribution in [0.4, 0.5) is 0 Å². The zero-order valence-electron chi connectivity index (χ0n) is 16.5. The molecule has 0 saturated heterocycles. The van der Waals surface area contributed by atoms with Crippen LogP contribution in [0.5, 0.6) is 11.5 Å². The summed E-state index contributed by atoms with van der Waals surface area (Å²) >= 11 is 15.9. The average molecular weight is 505 g/mol. The molecule has 0 saturated carbocycles. The molecular weight excluding hydrogens is 481 g/mol. The van der Waals surface area contributed by atoms with Crippen LogP contribution in [0.15, 0.2) is 34.8 Å². The molecule has 0 bridgehead atoms. The molecule has 2 N–H and O–H groups in total. The molecular formula is C21H24BrCl2NO4. The Bertz CT molecular complexity index is 841. The molecule has 0 heterocycles. The molecule has 0 aliphatic heterocycles. The summed E-state index contributed by atoms with van der Waals surface area (Å²) in [6.45, 7) is 4.55. The fraction of sp³-hybridized carbons (Fsp3) is 0.381. The van der Waals surface area contributed by atoms with Crippen molar-refractivity contribution in [2.24, 2.45) is 5.92 Å². The normalized spacial score (nSPS) is 12.1.